The van der Waals surface area contributed by atoms with Gasteiger partial charge in [0, 0.05) is 12.1 Å². The number of benzene rings is 1. The number of nitrogens with one attached hydrogen (secondary N) is 1. The van der Waals surface area contributed by atoms with Gasteiger partial charge >= 0.3 is 0 Å². The molecule has 0 spiro atoms. The molecule has 1 saturated carbocycles. The van der Waals surface area contributed by atoms with E-state index >= 15 is 0 Å². The number of nitrogens with zero attached hydrogens (tertiary/aromatic N) is 1. The van der Waals surface area contributed by atoms with Crippen molar-refractivity contribution in [1.29, 1.82) is 5.26 Å². The summed E-state index contributed by atoms with van der Waals surface area (Å²) in [7, 11) is 0. The second-order valence-corrected chi connectivity index (χ2v) is 5.31. The van der Waals surface area contributed by atoms with Gasteiger partial charge in [-0.2, -0.15) is 5.26 Å². The highest BCUT2D eigenvalue weighted by atomic mass is 15.0. The summed E-state index contributed by atoms with van der Waals surface area (Å²) in [5.74, 6) is 0.235. The van der Waals surface area contributed by atoms with Crippen molar-refractivity contribution in [3.8, 4) is 6.07 Å². The zero-order valence-corrected chi connectivity index (χ0v) is 10.0. The maximum atomic E-state index is 9.09. The summed E-state index contributed by atoms with van der Waals surface area (Å²) in [5, 5.41) is 12.8. The lowest BCUT2D eigenvalue weighted by Crippen LogP contribution is -2.40. The van der Waals surface area contributed by atoms with Gasteiger partial charge in [0.05, 0.1) is 12.0 Å². The maximum absolute atomic E-state index is 9.09. The molecular formula is C15H18N2. The quantitative estimate of drug-likeness (QED) is 0.840. The highest BCUT2D eigenvalue weighted by Gasteiger charge is 2.30. The number of hydrogen-bond acceptors (Lipinski definition) is 2. The Morgan fingerprint density at radius 3 is 2.47 bits per heavy atom. The highest BCUT2D eigenvalue weighted by molar-refractivity contribution is 5.33. The van der Waals surface area contributed by atoms with E-state index in [1.54, 1.807) is 0 Å². The molecule has 3 rings (SSSR count). The Morgan fingerprint density at radius 2 is 1.82 bits per heavy atom. The first kappa shape index (κ1) is 10.8. The first-order chi connectivity index (χ1) is 8.36. The Labute approximate surface area is 103 Å². The third-order valence-corrected chi connectivity index (χ3v) is 4.18. The van der Waals surface area contributed by atoms with Gasteiger partial charge in [-0.05, 0) is 36.8 Å². The van der Waals surface area contributed by atoms with Gasteiger partial charge in [0.1, 0.15) is 0 Å². The lowest BCUT2D eigenvalue weighted by atomic mass is 10.0. The molecule has 0 aliphatic heterocycles. The van der Waals surface area contributed by atoms with Gasteiger partial charge in [-0.25, -0.2) is 0 Å². The van der Waals surface area contributed by atoms with Crippen molar-refractivity contribution >= 4 is 0 Å². The zero-order valence-electron chi connectivity index (χ0n) is 10.0. The van der Waals surface area contributed by atoms with Crippen LogP contribution in [0.1, 0.15) is 30.4 Å². The molecule has 2 aliphatic carbocycles. The van der Waals surface area contributed by atoms with Crippen LogP contribution in [0.4, 0.5) is 0 Å². The molecule has 2 heteroatoms. The summed E-state index contributed by atoms with van der Waals surface area (Å²) in [6, 6.07) is 12.1. The van der Waals surface area contributed by atoms with Crippen LogP contribution in [0.25, 0.3) is 0 Å². The molecular weight excluding hydrogens is 208 g/mol. The molecule has 2 nitrogen and oxygen atoms in total. The smallest absolute Gasteiger partial charge is 0.0672 e. The van der Waals surface area contributed by atoms with Gasteiger partial charge in [-0.1, -0.05) is 30.7 Å². The first-order valence-corrected chi connectivity index (χ1v) is 6.59. The van der Waals surface area contributed by atoms with Crippen LogP contribution in [0.15, 0.2) is 24.3 Å². The van der Waals surface area contributed by atoms with E-state index < -0.39 is 0 Å². The van der Waals surface area contributed by atoms with E-state index in [0.29, 0.717) is 12.1 Å². The monoisotopic (exact) mass is 226 g/mol. The summed E-state index contributed by atoms with van der Waals surface area (Å²) >= 11 is 0. The minimum atomic E-state index is 0.235. The third kappa shape index (κ3) is 2.08. The van der Waals surface area contributed by atoms with Gasteiger partial charge in [-0.15, -0.1) is 0 Å². The average molecular weight is 226 g/mol. The number of nitriles is 1. The minimum Gasteiger partial charge on any atom is -0.309 e. The second kappa shape index (κ2) is 4.50. The largest absolute Gasteiger partial charge is 0.309 e. The fourth-order valence-electron chi connectivity index (χ4n) is 3.29. The predicted molar refractivity (Wildman–Crippen MR) is 67.5 cm³/mol. The third-order valence-electron chi connectivity index (χ3n) is 4.18. The normalized spacial score (nSPS) is 27.9. The van der Waals surface area contributed by atoms with Gasteiger partial charge in [0.15, 0.2) is 0 Å². The molecule has 1 aromatic carbocycles. The van der Waals surface area contributed by atoms with E-state index in [9.17, 15) is 0 Å². The van der Waals surface area contributed by atoms with Crippen LogP contribution >= 0.6 is 0 Å². The molecule has 1 aromatic rings. The number of hydrogen-bond donors (Lipinski definition) is 1. The van der Waals surface area contributed by atoms with Gasteiger partial charge in [0.2, 0.25) is 0 Å². The van der Waals surface area contributed by atoms with Gasteiger partial charge in [0.25, 0.3) is 0 Å². The van der Waals surface area contributed by atoms with Crippen molar-refractivity contribution in [2.45, 2.75) is 44.2 Å². The SMILES string of the molecule is N#CC1CCCC1NC1Cc2ccccc2C1. The average Bonchev–Trinajstić information content (AvgIpc) is 2.94. The molecule has 2 aliphatic rings. The summed E-state index contributed by atoms with van der Waals surface area (Å²) in [4.78, 5) is 0. The molecule has 0 saturated heterocycles. The van der Waals surface area contributed by atoms with E-state index in [0.717, 1.165) is 19.3 Å². The Hall–Kier alpha value is -1.33. The van der Waals surface area contributed by atoms with E-state index in [4.69, 9.17) is 5.26 Å². The summed E-state index contributed by atoms with van der Waals surface area (Å²) in [6.07, 6.45) is 5.71. The number of rotatable bonds is 2. The van der Waals surface area contributed by atoms with Crippen LogP contribution in [-0.4, -0.2) is 12.1 Å². The summed E-state index contributed by atoms with van der Waals surface area (Å²) in [6.45, 7) is 0. The molecule has 1 N–H and O–H groups in total. The zero-order chi connectivity index (χ0) is 11.7. The molecule has 88 valence electrons. The topological polar surface area (TPSA) is 35.8 Å². The molecule has 2 unspecified atom stereocenters. The molecule has 17 heavy (non-hydrogen) atoms. The second-order valence-electron chi connectivity index (χ2n) is 5.31. The molecule has 2 atom stereocenters. The van der Waals surface area contributed by atoms with Crippen molar-refractivity contribution in [2.24, 2.45) is 5.92 Å². The first-order valence-electron chi connectivity index (χ1n) is 6.59. The van der Waals surface area contributed by atoms with Crippen molar-refractivity contribution in [3.63, 3.8) is 0 Å². The minimum absolute atomic E-state index is 0.235. The van der Waals surface area contributed by atoms with E-state index in [1.807, 2.05) is 0 Å². The van der Waals surface area contributed by atoms with Crippen molar-refractivity contribution < 1.29 is 0 Å². The fraction of sp³-hybridized carbons (Fsp3) is 0.533. The Morgan fingerprint density at radius 1 is 1.12 bits per heavy atom. The van der Waals surface area contributed by atoms with E-state index in [-0.39, 0.29) is 5.92 Å². The molecule has 0 amide bonds. The lowest BCUT2D eigenvalue weighted by Gasteiger charge is -2.20. The van der Waals surface area contributed by atoms with Crippen LogP contribution in [0.5, 0.6) is 0 Å². The van der Waals surface area contributed by atoms with Crippen molar-refractivity contribution in [1.82, 2.24) is 5.32 Å². The summed E-state index contributed by atoms with van der Waals surface area (Å²) in [5.41, 5.74) is 2.97. The molecule has 0 aromatic heterocycles. The van der Waals surface area contributed by atoms with Crippen molar-refractivity contribution in [2.75, 3.05) is 0 Å². The molecule has 1 fully saturated rings. The van der Waals surface area contributed by atoms with Crippen LogP contribution in [0.2, 0.25) is 0 Å². The van der Waals surface area contributed by atoms with Crippen LogP contribution in [-0.2, 0) is 12.8 Å². The van der Waals surface area contributed by atoms with E-state index in [2.05, 4.69) is 35.7 Å². The Kier molecular flexibility index (Phi) is 2.86. The summed E-state index contributed by atoms with van der Waals surface area (Å²) < 4.78 is 0. The fourth-order valence-corrected chi connectivity index (χ4v) is 3.29. The predicted octanol–water partition coefficient (Wildman–Crippen LogP) is 2.44. The molecule has 0 radical (unpaired) electrons. The van der Waals surface area contributed by atoms with Gasteiger partial charge < -0.3 is 5.32 Å². The van der Waals surface area contributed by atoms with Crippen LogP contribution in [0.3, 0.4) is 0 Å². The standard InChI is InChI=1S/C15H18N2/c16-10-13-6-3-7-15(13)17-14-8-11-4-1-2-5-12(11)9-14/h1-2,4-5,13-15,17H,3,6-9H2. The van der Waals surface area contributed by atoms with E-state index in [1.165, 1.54) is 24.0 Å². The lowest BCUT2D eigenvalue weighted by molar-refractivity contribution is 0.402. The Balaban J connectivity index is 1.64. The van der Waals surface area contributed by atoms with Gasteiger partial charge in [-0.3, -0.25) is 0 Å². The molecule has 0 heterocycles. The maximum Gasteiger partial charge on any atom is 0.0672 e. The van der Waals surface area contributed by atoms with Crippen molar-refractivity contribution in [3.05, 3.63) is 35.4 Å². The number of fused-ring (bicyclic) bond motifs is 1. The van der Waals surface area contributed by atoms with Crippen LogP contribution < -0.4 is 5.32 Å². The molecule has 0 bridgehead atoms. The van der Waals surface area contributed by atoms with Crippen LogP contribution in [0, 0.1) is 17.2 Å². The Bertz CT molecular complexity index is 421. The highest BCUT2D eigenvalue weighted by Crippen LogP contribution is 2.28.